The highest BCUT2D eigenvalue weighted by Crippen LogP contribution is 2.14. The smallest absolute Gasteiger partial charge is 0.253 e. The molecule has 2 heterocycles. The van der Waals surface area contributed by atoms with Crippen LogP contribution in [0.2, 0.25) is 0 Å². The monoisotopic (exact) mass is 399 g/mol. The number of benzene rings is 1. The van der Waals surface area contributed by atoms with Gasteiger partial charge in [0.15, 0.2) is 5.96 Å². The molecule has 3 rings (SSSR count). The van der Waals surface area contributed by atoms with Crippen LogP contribution < -0.4 is 10.6 Å². The van der Waals surface area contributed by atoms with Crippen molar-refractivity contribution in [3.05, 3.63) is 35.4 Å². The standard InChI is InChI=1S/C22H33N5O2/c1-3-20(28)27-14-11-19(16-27)25-22(23-2)24-15-17-7-9-18(10-8-17)21(29)26-12-5-4-6-13-26/h7-10,19H,3-6,11-16H2,1-2H3,(H2,23,24,25). The van der Waals surface area contributed by atoms with Gasteiger partial charge in [-0.2, -0.15) is 0 Å². The highest BCUT2D eigenvalue weighted by molar-refractivity contribution is 5.94. The van der Waals surface area contributed by atoms with Crippen molar-refractivity contribution >= 4 is 17.8 Å². The predicted molar refractivity (Wildman–Crippen MR) is 115 cm³/mol. The summed E-state index contributed by atoms with van der Waals surface area (Å²) in [4.78, 5) is 32.5. The third-order valence-corrected chi connectivity index (χ3v) is 5.71. The number of piperidine rings is 1. The number of amides is 2. The molecule has 7 heteroatoms. The number of hydrogen-bond acceptors (Lipinski definition) is 3. The van der Waals surface area contributed by atoms with Gasteiger partial charge in [0.2, 0.25) is 5.91 Å². The zero-order valence-electron chi connectivity index (χ0n) is 17.6. The Kier molecular flexibility index (Phi) is 7.49. The summed E-state index contributed by atoms with van der Waals surface area (Å²) in [5.41, 5.74) is 1.85. The molecule has 2 aliphatic heterocycles. The molecule has 0 spiro atoms. The summed E-state index contributed by atoms with van der Waals surface area (Å²) in [6, 6.07) is 8.04. The van der Waals surface area contributed by atoms with Gasteiger partial charge in [0.05, 0.1) is 0 Å². The number of carbonyl (C=O) groups is 2. The predicted octanol–water partition coefficient (Wildman–Crippen LogP) is 1.99. The van der Waals surface area contributed by atoms with E-state index in [1.165, 1.54) is 6.42 Å². The molecule has 0 aliphatic carbocycles. The molecule has 158 valence electrons. The summed E-state index contributed by atoms with van der Waals surface area (Å²) < 4.78 is 0. The van der Waals surface area contributed by atoms with Crippen molar-refractivity contribution in [3.63, 3.8) is 0 Å². The van der Waals surface area contributed by atoms with Gasteiger partial charge in [-0.15, -0.1) is 0 Å². The molecule has 0 aromatic heterocycles. The molecular formula is C22H33N5O2. The van der Waals surface area contributed by atoms with Crippen molar-refractivity contribution in [2.24, 2.45) is 4.99 Å². The van der Waals surface area contributed by atoms with Crippen LogP contribution in [0.3, 0.4) is 0 Å². The van der Waals surface area contributed by atoms with Crippen LogP contribution in [-0.2, 0) is 11.3 Å². The van der Waals surface area contributed by atoms with Gasteiger partial charge in [-0.25, -0.2) is 0 Å². The Labute approximate surface area is 173 Å². The van der Waals surface area contributed by atoms with Crippen LogP contribution in [0.15, 0.2) is 29.3 Å². The van der Waals surface area contributed by atoms with E-state index >= 15 is 0 Å². The minimum absolute atomic E-state index is 0.133. The Morgan fingerprint density at radius 1 is 1.07 bits per heavy atom. The second-order valence-corrected chi connectivity index (χ2v) is 7.80. The molecule has 0 radical (unpaired) electrons. The summed E-state index contributed by atoms with van der Waals surface area (Å²) in [5.74, 6) is 1.07. The first-order valence-electron chi connectivity index (χ1n) is 10.7. The van der Waals surface area contributed by atoms with E-state index in [1.54, 1.807) is 7.05 Å². The Morgan fingerprint density at radius 3 is 2.45 bits per heavy atom. The molecule has 2 saturated heterocycles. The largest absolute Gasteiger partial charge is 0.352 e. The van der Waals surface area contributed by atoms with E-state index in [4.69, 9.17) is 0 Å². The number of rotatable bonds is 5. The molecule has 2 aliphatic rings. The van der Waals surface area contributed by atoms with Crippen molar-refractivity contribution < 1.29 is 9.59 Å². The quantitative estimate of drug-likeness (QED) is 0.586. The van der Waals surface area contributed by atoms with Gasteiger partial charge in [-0.3, -0.25) is 14.6 Å². The van der Waals surface area contributed by atoms with Crippen LogP contribution in [0.4, 0.5) is 0 Å². The van der Waals surface area contributed by atoms with Gasteiger partial charge >= 0.3 is 0 Å². The Hall–Kier alpha value is -2.57. The topological polar surface area (TPSA) is 77.0 Å². The first kappa shape index (κ1) is 21.1. The lowest BCUT2D eigenvalue weighted by molar-refractivity contribution is -0.129. The lowest BCUT2D eigenvalue weighted by Crippen LogP contribution is -2.44. The average Bonchev–Trinajstić information content (AvgIpc) is 3.25. The molecule has 0 saturated carbocycles. The lowest BCUT2D eigenvalue weighted by atomic mass is 10.1. The number of aliphatic imine (C=N–C) groups is 1. The maximum absolute atomic E-state index is 12.6. The van der Waals surface area contributed by atoms with Crippen molar-refractivity contribution in [3.8, 4) is 0 Å². The molecule has 2 amide bonds. The molecule has 0 bridgehead atoms. The molecule has 2 fully saturated rings. The zero-order valence-corrected chi connectivity index (χ0v) is 17.6. The number of nitrogens with one attached hydrogen (secondary N) is 2. The maximum atomic E-state index is 12.6. The summed E-state index contributed by atoms with van der Waals surface area (Å²) in [7, 11) is 1.75. The van der Waals surface area contributed by atoms with Crippen molar-refractivity contribution in [2.75, 3.05) is 33.2 Å². The second-order valence-electron chi connectivity index (χ2n) is 7.80. The molecular weight excluding hydrogens is 366 g/mol. The Bertz CT molecular complexity index is 725. The van der Waals surface area contributed by atoms with E-state index in [0.717, 1.165) is 62.5 Å². The van der Waals surface area contributed by atoms with Crippen molar-refractivity contribution in [2.45, 2.75) is 51.6 Å². The number of guanidine groups is 1. The normalized spacial score (nSPS) is 19.9. The number of nitrogens with zero attached hydrogens (tertiary/aromatic N) is 3. The van der Waals surface area contributed by atoms with E-state index in [9.17, 15) is 9.59 Å². The zero-order chi connectivity index (χ0) is 20.6. The minimum atomic E-state index is 0.133. The summed E-state index contributed by atoms with van der Waals surface area (Å²) in [5, 5.41) is 6.72. The van der Waals surface area contributed by atoms with Crippen molar-refractivity contribution in [1.82, 2.24) is 20.4 Å². The third kappa shape index (κ3) is 5.71. The number of carbonyl (C=O) groups excluding carboxylic acids is 2. The third-order valence-electron chi connectivity index (χ3n) is 5.71. The van der Waals surface area contributed by atoms with Crippen LogP contribution in [0, 0.1) is 0 Å². The molecule has 7 nitrogen and oxygen atoms in total. The highest BCUT2D eigenvalue weighted by Gasteiger charge is 2.25. The second kappa shape index (κ2) is 10.3. The van der Waals surface area contributed by atoms with E-state index in [2.05, 4.69) is 15.6 Å². The Balaban J connectivity index is 1.47. The Morgan fingerprint density at radius 2 is 1.79 bits per heavy atom. The molecule has 1 atom stereocenters. The first-order valence-corrected chi connectivity index (χ1v) is 10.7. The van der Waals surface area contributed by atoms with E-state index in [1.807, 2.05) is 41.0 Å². The van der Waals surface area contributed by atoms with Gasteiger partial charge in [0.1, 0.15) is 0 Å². The summed E-state index contributed by atoms with van der Waals surface area (Å²) >= 11 is 0. The van der Waals surface area contributed by atoms with E-state index < -0.39 is 0 Å². The molecule has 1 aromatic carbocycles. The lowest BCUT2D eigenvalue weighted by Gasteiger charge is -2.26. The van der Waals surface area contributed by atoms with Gasteiger partial charge in [0, 0.05) is 57.8 Å². The van der Waals surface area contributed by atoms with Crippen LogP contribution in [0.25, 0.3) is 0 Å². The molecule has 2 N–H and O–H groups in total. The van der Waals surface area contributed by atoms with Crippen LogP contribution in [0.1, 0.15) is 54.9 Å². The van der Waals surface area contributed by atoms with Gasteiger partial charge < -0.3 is 20.4 Å². The SMILES string of the molecule is CCC(=O)N1CCC(NC(=NC)NCc2ccc(C(=O)N3CCCCC3)cc2)C1. The summed E-state index contributed by atoms with van der Waals surface area (Å²) in [6.07, 6.45) is 4.91. The van der Waals surface area contributed by atoms with Crippen molar-refractivity contribution in [1.29, 1.82) is 0 Å². The summed E-state index contributed by atoms with van der Waals surface area (Å²) in [6.45, 7) is 5.78. The number of likely N-dealkylation sites (tertiary alicyclic amines) is 2. The maximum Gasteiger partial charge on any atom is 0.253 e. The van der Waals surface area contributed by atoms with Crippen LogP contribution in [-0.4, -0.2) is 66.8 Å². The minimum Gasteiger partial charge on any atom is -0.352 e. The first-order chi connectivity index (χ1) is 14.1. The van der Waals surface area contributed by atoms with Crippen LogP contribution in [0.5, 0.6) is 0 Å². The number of hydrogen-bond donors (Lipinski definition) is 2. The fraction of sp³-hybridized carbons (Fsp3) is 0.591. The molecule has 29 heavy (non-hydrogen) atoms. The van der Waals surface area contributed by atoms with E-state index in [-0.39, 0.29) is 17.9 Å². The van der Waals surface area contributed by atoms with E-state index in [0.29, 0.717) is 13.0 Å². The van der Waals surface area contributed by atoms with Gasteiger partial charge in [-0.1, -0.05) is 19.1 Å². The van der Waals surface area contributed by atoms with Crippen LogP contribution >= 0.6 is 0 Å². The van der Waals surface area contributed by atoms with Gasteiger partial charge in [0.25, 0.3) is 5.91 Å². The molecule has 1 unspecified atom stereocenters. The fourth-order valence-electron chi connectivity index (χ4n) is 3.95. The molecule has 1 aromatic rings. The van der Waals surface area contributed by atoms with Gasteiger partial charge in [-0.05, 0) is 43.4 Å². The average molecular weight is 400 g/mol. The highest BCUT2D eigenvalue weighted by atomic mass is 16.2. The fourth-order valence-corrected chi connectivity index (χ4v) is 3.95.